The molecule has 2 aromatic rings. The van der Waals surface area contributed by atoms with Crippen molar-refractivity contribution in [3.8, 4) is 5.75 Å². The van der Waals surface area contributed by atoms with Gasteiger partial charge < -0.3 is 15.4 Å². The smallest absolute Gasteiger partial charge is 0.276 e. The number of nitrogens with zero attached hydrogens (tertiary/aromatic N) is 2. The van der Waals surface area contributed by atoms with Crippen molar-refractivity contribution in [1.29, 1.82) is 0 Å². The van der Waals surface area contributed by atoms with Gasteiger partial charge in [0.1, 0.15) is 11.6 Å². The van der Waals surface area contributed by atoms with Crippen molar-refractivity contribution >= 4 is 17.4 Å². The third kappa shape index (κ3) is 5.05. The fourth-order valence-electron chi connectivity index (χ4n) is 2.90. The van der Waals surface area contributed by atoms with Crippen LogP contribution < -0.4 is 15.4 Å². The third-order valence-corrected chi connectivity index (χ3v) is 4.38. The number of carbonyl (C=O) groups is 1. The second kappa shape index (κ2) is 8.99. The predicted molar refractivity (Wildman–Crippen MR) is 103 cm³/mol. The van der Waals surface area contributed by atoms with Gasteiger partial charge in [-0.05, 0) is 68.5 Å². The molecule has 0 spiro atoms. The van der Waals surface area contributed by atoms with Gasteiger partial charge in [0.15, 0.2) is 5.69 Å². The first-order valence-corrected chi connectivity index (χ1v) is 8.95. The van der Waals surface area contributed by atoms with Crippen LogP contribution in [0.4, 0.5) is 11.5 Å². The monoisotopic (exact) mass is 352 g/mol. The van der Waals surface area contributed by atoms with Crippen LogP contribution in [0.3, 0.4) is 0 Å². The first-order chi connectivity index (χ1) is 12.7. The van der Waals surface area contributed by atoms with E-state index in [4.69, 9.17) is 4.74 Å². The minimum absolute atomic E-state index is 0.279. The number of benzene rings is 1. The SMILES string of the molecule is COc1ccc(NC(=O)c2ccc(NCCC3=CCCCC3)nn2)cc1. The third-order valence-electron chi connectivity index (χ3n) is 4.38. The van der Waals surface area contributed by atoms with E-state index in [0.29, 0.717) is 11.5 Å². The highest BCUT2D eigenvalue weighted by molar-refractivity contribution is 6.02. The summed E-state index contributed by atoms with van der Waals surface area (Å²) in [5.74, 6) is 1.13. The summed E-state index contributed by atoms with van der Waals surface area (Å²) < 4.78 is 5.10. The molecule has 1 aliphatic rings. The number of rotatable bonds is 7. The minimum atomic E-state index is -0.290. The summed E-state index contributed by atoms with van der Waals surface area (Å²) in [4.78, 5) is 12.2. The molecule has 0 saturated carbocycles. The van der Waals surface area contributed by atoms with Gasteiger partial charge in [0.05, 0.1) is 7.11 Å². The van der Waals surface area contributed by atoms with Crippen LogP contribution in [0.15, 0.2) is 48.0 Å². The van der Waals surface area contributed by atoms with E-state index in [1.165, 1.54) is 31.3 Å². The molecule has 6 nitrogen and oxygen atoms in total. The number of aromatic nitrogens is 2. The fourth-order valence-corrected chi connectivity index (χ4v) is 2.90. The van der Waals surface area contributed by atoms with Gasteiger partial charge in [0.25, 0.3) is 5.91 Å². The summed E-state index contributed by atoms with van der Waals surface area (Å²) in [6.45, 7) is 0.831. The summed E-state index contributed by atoms with van der Waals surface area (Å²) in [5, 5.41) is 14.2. The van der Waals surface area contributed by atoms with E-state index in [-0.39, 0.29) is 11.6 Å². The normalized spacial score (nSPS) is 13.7. The topological polar surface area (TPSA) is 76.1 Å². The molecule has 0 saturated heterocycles. The Morgan fingerprint density at radius 2 is 1.96 bits per heavy atom. The zero-order chi connectivity index (χ0) is 18.2. The highest BCUT2D eigenvalue weighted by Gasteiger charge is 2.09. The lowest BCUT2D eigenvalue weighted by Gasteiger charge is -2.13. The summed E-state index contributed by atoms with van der Waals surface area (Å²) in [6.07, 6.45) is 8.39. The summed E-state index contributed by atoms with van der Waals surface area (Å²) in [5.41, 5.74) is 2.48. The Bertz CT molecular complexity index is 754. The summed E-state index contributed by atoms with van der Waals surface area (Å²) in [7, 11) is 1.60. The van der Waals surface area contributed by atoms with Crippen LogP contribution >= 0.6 is 0 Å². The highest BCUT2D eigenvalue weighted by atomic mass is 16.5. The molecule has 1 aliphatic carbocycles. The number of methoxy groups -OCH3 is 1. The van der Waals surface area contributed by atoms with Crippen LogP contribution in [0, 0.1) is 0 Å². The number of carbonyl (C=O) groups excluding carboxylic acids is 1. The van der Waals surface area contributed by atoms with Gasteiger partial charge >= 0.3 is 0 Å². The largest absolute Gasteiger partial charge is 0.497 e. The van der Waals surface area contributed by atoms with Gasteiger partial charge in [-0.25, -0.2) is 0 Å². The molecule has 0 atom stereocenters. The van der Waals surface area contributed by atoms with Crippen molar-refractivity contribution in [3.63, 3.8) is 0 Å². The molecule has 0 unspecified atom stereocenters. The maximum atomic E-state index is 12.2. The highest BCUT2D eigenvalue weighted by Crippen LogP contribution is 2.20. The Morgan fingerprint density at radius 1 is 1.12 bits per heavy atom. The number of amides is 1. The van der Waals surface area contributed by atoms with Crippen molar-refractivity contribution in [1.82, 2.24) is 10.2 Å². The van der Waals surface area contributed by atoms with E-state index >= 15 is 0 Å². The Balaban J connectivity index is 1.49. The zero-order valence-corrected chi connectivity index (χ0v) is 15.0. The van der Waals surface area contributed by atoms with E-state index in [2.05, 4.69) is 26.9 Å². The molecule has 2 N–H and O–H groups in total. The van der Waals surface area contributed by atoms with E-state index < -0.39 is 0 Å². The molecule has 1 amide bonds. The average molecular weight is 352 g/mol. The van der Waals surface area contributed by atoms with Crippen LogP contribution in [-0.4, -0.2) is 29.8 Å². The van der Waals surface area contributed by atoms with Crippen molar-refractivity contribution in [3.05, 3.63) is 53.7 Å². The molecule has 0 bridgehead atoms. The maximum Gasteiger partial charge on any atom is 0.276 e. The second-order valence-corrected chi connectivity index (χ2v) is 6.27. The van der Waals surface area contributed by atoms with Gasteiger partial charge in [-0.1, -0.05) is 11.6 Å². The van der Waals surface area contributed by atoms with E-state index in [1.807, 2.05) is 0 Å². The van der Waals surface area contributed by atoms with Crippen molar-refractivity contribution < 1.29 is 9.53 Å². The Kier molecular flexibility index (Phi) is 6.19. The van der Waals surface area contributed by atoms with Crippen LogP contribution in [0.2, 0.25) is 0 Å². The molecule has 3 rings (SSSR count). The van der Waals surface area contributed by atoms with Crippen molar-refractivity contribution in [2.45, 2.75) is 32.1 Å². The van der Waals surface area contributed by atoms with Crippen LogP contribution in [0.25, 0.3) is 0 Å². The lowest BCUT2D eigenvalue weighted by Crippen LogP contribution is -2.15. The average Bonchev–Trinajstić information content (AvgIpc) is 2.70. The molecular weight excluding hydrogens is 328 g/mol. The van der Waals surface area contributed by atoms with Crippen LogP contribution in [0.5, 0.6) is 5.75 Å². The van der Waals surface area contributed by atoms with Crippen LogP contribution in [0.1, 0.15) is 42.6 Å². The number of anilines is 2. The molecule has 0 radical (unpaired) electrons. The molecule has 0 fully saturated rings. The van der Waals surface area contributed by atoms with Crippen LogP contribution in [-0.2, 0) is 0 Å². The Morgan fingerprint density at radius 3 is 2.62 bits per heavy atom. The van der Waals surface area contributed by atoms with Gasteiger partial charge in [0, 0.05) is 12.2 Å². The van der Waals surface area contributed by atoms with E-state index in [1.54, 1.807) is 43.5 Å². The number of hydrogen-bond donors (Lipinski definition) is 2. The predicted octanol–water partition coefficient (Wildman–Crippen LogP) is 4.04. The standard InChI is InChI=1S/C20H24N4O2/c1-26-17-9-7-16(8-10-17)22-20(25)18-11-12-19(24-23-18)21-14-13-15-5-3-2-4-6-15/h5,7-12H,2-4,6,13-14H2,1H3,(H,21,24)(H,22,25). The van der Waals surface area contributed by atoms with E-state index in [9.17, 15) is 4.79 Å². The van der Waals surface area contributed by atoms with Crippen molar-refractivity contribution in [2.24, 2.45) is 0 Å². The maximum absolute atomic E-state index is 12.2. The Hall–Kier alpha value is -2.89. The lowest BCUT2D eigenvalue weighted by atomic mass is 9.97. The first kappa shape index (κ1) is 17.9. The van der Waals surface area contributed by atoms with Gasteiger partial charge in [-0.15, -0.1) is 10.2 Å². The number of nitrogens with one attached hydrogen (secondary N) is 2. The molecule has 1 heterocycles. The summed E-state index contributed by atoms with van der Waals surface area (Å²) in [6, 6.07) is 10.6. The lowest BCUT2D eigenvalue weighted by molar-refractivity contribution is 0.102. The molecular formula is C20H24N4O2. The van der Waals surface area contributed by atoms with Gasteiger partial charge in [-0.2, -0.15) is 0 Å². The van der Waals surface area contributed by atoms with Gasteiger partial charge in [-0.3, -0.25) is 4.79 Å². The van der Waals surface area contributed by atoms with Crippen molar-refractivity contribution in [2.75, 3.05) is 24.3 Å². The molecule has 1 aromatic heterocycles. The summed E-state index contributed by atoms with van der Waals surface area (Å²) >= 11 is 0. The number of allylic oxidation sites excluding steroid dienone is 1. The Labute approximate surface area is 153 Å². The zero-order valence-electron chi connectivity index (χ0n) is 15.0. The molecule has 136 valence electrons. The number of hydrogen-bond acceptors (Lipinski definition) is 5. The minimum Gasteiger partial charge on any atom is -0.497 e. The second-order valence-electron chi connectivity index (χ2n) is 6.27. The first-order valence-electron chi connectivity index (χ1n) is 8.95. The molecule has 0 aliphatic heterocycles. The fraction of sp³-hybridized carbons (Fsp3) is 0.350. The van der Waals surface area contributed by atoms with E-state index in [0.717, 1.165) is 18.7 Å². The molecule has 1 aromatic carbocycles. The molecule has 6 heteroatoms. The molecule has 26 heavy (non-hydrogen) atoms. The van der Waals surface area contributed by atoms with Gasteiger partial charge in [0.2, 0.25) is 0 Å². The number of ether oxygens (including phenoxy) is 1. The quantitative estimate of drug-likeness (QED) is 0.736.